The summed E-state index contributed by atoms with van der Waals surface area (Å²) in [7, 11) is -3.73. The maximum atomic E-state index is 12.2. The molecule has 1 heterocycles. The predicted molar refractivity (Wildman–Crippen MR) is 78.3 cm³/mol. The molecule has 7 heteroatoms. The van der Waals surface area contributed by atoms with Crippen LogP contribution in [0.1, 0.15) is 5.69 Å². The van der Waals surface area contributed by atoms with Crippen molar-refractivity contribution in [2.75, 3.05) is 10.5 Å². The summed E-state index contributed by atoms with van der Waals surface area (Å²) >= 11 is 3.31. The number of nitrogens with two attached hydrogens (primary N) is 1. The Bertz CT molecular complexity index is 717. The van der Waals surface area contributed by atoms with E-state index in [-0.39, 0.29) is 16.4 Å². The quantitative estimate of drug-likeness (QED) is 0.840. The highest BCUT2D eigenvalue weighted by molar-refractivity contribution is 9.10. The van der Waals surface area contributed by atoms with Crippen molar-refractivity contribution >= 4 is 37.5 Å². The number of benzene rings is 1. The molecule has 0 bridgehead atoms. The first-order chi connectivity index (χ1) is 8.90. The molecule has 5 nitrogen and oxygen atoms in total. The molecule has 0 spiro atoms. The van der Waals surface area contributed by atoms with E-state index in [1.165, 1.54) is 12.1 Å². The molecule has 0 aliphatic carbocycles. The van der Waals surface area contributed by atoms with Crippen LogP contribution in [0.4, 0.5) is 11.5 Å². The second-order valence-electron chi connectivity index (χ2n) is 3.91. The Kier molecular flexibility index (Phi) is 3.77. The Labute approximate surface area is 120 Å². The molecule has 0 atom stereocenters. The minimum Gasteiger partial charge on any atom is -0.398 e. The van der Waals surface area contributed by atoms with Gasteiger partial charge in [-0.2, -0.15) is 0 Å². The van der Waals surface area contributed by atoms with Crippen LogP contribution in [0, 0.1) is 6.92 Å². The third kappa shape index (κ3) is 3.05. The van der Waals surface area contributed by atoms with Crippen molar-refractivity contribution < 1.29 is 8.42 Å². The van der Waals surface area contributed by atoms with Crippen LogP contribution in [-0.4, -0.2) is 13.4 Å². The van der Waals surface area contributed by atoms with Gasteiger partial charge in [-0.15, -0.1) is 0 Å². The molecule has 0 radical (unpaired) electrons. The maximum Gasteiger partial charge on any atom is 0.265 e. The van der Waals surface area contributed by atoms with Crippen LogP contribution in [-0.2, 0) is 10.0 Å². The number of sulfonamides is 1. The molecule has 0 fully saturated rings. The molecule has 2 aromatic rings. The number of anilines is 2. The van der Waals surface area contributed by atoms with Gasteiger partial charge in [0, 0.05) is 4.47 Å². The average molecular weight is 342 g/mol. The van der Waals surface area contributed by atoms with Crippen molar-refractivity contribution in [1.29, 1.82) is 0 Å². The highest BCUT2D eigenvalue weighted by Gasteiger charge is 2.17. The van der Waals surface area contributed by atoms with Crippen LogP contribution in [0.5, 0.6) is 0 Å². The topological polar surface area (TPSA) is 85.1 Å². The minimum absolute atomic E-state index is 0.0392. The van der Waals surface area contributed by atoms with Crippen molar-refractivity contribution in [2.24, 2.45) is 0 Å². The summed E-state index contributed by atoms with van der Waals surface area (Å²) in [5.74, 6) is 0.254. The zero-order valence-corrected chi connectivity index (χ0v) is 12.5. The lowest BCUT2D eigenvalue weighted by Crippen LogP contribution is -2.15. The van der Waals surface area contributed by atoms with E-state index in [4.69, 9.17) is 5.73 Å². The van der Waals surface area contributed by atoms with E-state index in [1.54, 1.807) is 31.2 Å². The molecule has 19 heavy (non-hydrogen) atoms. The lowest BCUT2D eigenvalue weighted by molar-refractivity contribution is 0.601. The van der Waals surface area contributed by atoms with Crippen molar-refractivity contribution in [1.82, 2.24) is 4.98 Å². The van der Waals surface area contributed by atoms with E-state index in [9.17, 15) is 8.42 Å². The molecule has 1 aromatic heterocycles. The van der Waals surface area contributed by atoms with E-state index in [1.807, 2.05) is 0 Å². The molecule has 3 N–H and O–H groups in total. The van der Waals surface area contributed by atoms with Gasteiger partial charge in [-0.3, -0.25) is 4.72 Å². The van der Waals surface area contributed by atoms with Gasteiger partial charge in [0.15, 0.2) is 0 Å². The molecular formula is C12H12BrN3O2S. The maximum absolute atomic E-state index is 12.2. The van der Waals surface area contributed by atoms with Gasteiger partial charge in [0.25, 0.3) is 10.0 Å². The van der Waals surface area contributed by atoms with Crippen molar-refractivity contribution in [3.05, 3.63) is 46.6 Å². The van der Waals surface area contributed by atoms with E-state index in [0.29, 0.717) is 5.69 Å². The number of aromatic nitrogens is 1. The monoisotopic (exact) mass is 341 g/mol. The highest BCUT2D eigenvalue weighted by Crippen LogP contribution is 2.22. The second-order valence-corrected chi connectivity index (χ2v) is 6.41. The zero-order valence-electron chi connectivity index (χ0n) is 10.1. The predicted octanol–water partition coefficient (Wildman–Crippen LogP) is 2.54. The fourth-order valence-electron chi connectivity index (χ4n) is 1.52. The summed E-state index contributed by atoms with van der Waals surface area (Å²) < 4.78 is 27.6. The van der Waals surface area contributed by atoms with E-state index < -0.39 is 10.0 Å². The number of hydrogen-bond acceptors (Lipinski definition) is 4. The van der Waals surface area contributed by atoms with Crippen LogP contribution in [0.25, 0.3) is 0 Å². The first-order valence-electron chi connectivity index (χ1n) is 5.40. The smallest absolute Gasteiger partial charge is 0.265 e. The summed E-state index contributed by atoms with van der Waals surface area (Å²) in [5, 5.41) is 0. The van der Waals surface area contributed by atoms with Crippen molar-refractivity contribution in [3.63, 3.8) is 0 Å². The van der Waals surface area contributed by atoms with Gasteiger partial charge in [0.2, 0.25) is 0 Å². The lowest BCUT2D eigenvalue weighted by atomic mass is 10.3. The second kappa shape index (κ2) is 5.18. The van der Waals surface area contributed by atoms with Crippen molar-refractivity contribution in [3.8, 4) is 0 Å². The van der Waals surface area contributed by atoms with Crippen LogP contribution in [0.15, 0.2) is 45.8 Å². The number of pyridine rings is 1. The lowest BCUT2D eigenvalue weighted by Gasteiger charge is -2.10. The number of nitrogen functional groups attached to an aromatic ring is 1. The van der Waals surface area contributed by atoms with Crippen LogP contribution >= 0.6 is 15.9 Å². The molecule has 1 aromatic carbocycles. The summed E-state index contributed by atoms with van der Waals surface area (Å²) in [6.45, 7) is 1.78. The fraction of sp³-hybridized carbons (Fsp3) is 0.0833. The number of nitrogens with one attached hydrogen (secondary N) is 1. The third-order valence-corrected chi connectivity index (χ3v) is 4.74. The van der Waals surface area contributed by atoms with Crippen LogP contribution < -0.4 is 10.5 Å². The third-order valence-electron chi connectivity index (χ3n) is 2.47. The summed E-state index contributed by atoms with van der Waals surface area (Å²) in [6, 6.07) is 9.59. The molecule has 0 aliphatic rings. The first-order valence-corrected chi connectivity index (χ1v) is 7.68. The number of halogens is 1. The van der Waals surface area contributed by atoms with Gasteiger partial charge in [-0.05, 0) is 47.1 Å². The van der Waals surface area contributed by atoms with Crippen molar-refractivity contribution in [2.45, 2.75) is 11.8 Å². The number of aryl methyl sites for hydroxylation is 1. The largest absolute Gasteiger partial charge is 0.398 e. The van der Waals surface area contributed by atoms with E-state index in [0.717, 1.165) is 4.47 Å². The van der Waals surface area contributed by atoms with E-state index >= 15 is 0 Å². The standard InChI is InChI=1S/C12H12BrN3O2S/c1-8-9(13)6-7-12(15-8)16-19(17,18)11-5-3-2-4-10(11)14/h2-7H,14H2,1H3,(H,15,16). The summed E-state index contributed by atoms with van der Waals surface area (Å²) in [5.41, 5.74) is 6.56. The Morgan fingerprint density at radius 2 is 1.89 bits per heavy atom. The van der Waals surface area contributed by atoms with Gasteiger partial charge in [-0.25, -0.2) is 13.4 Å². The van der Waals surface area contributed by atoms with Gasteiger partial charge in [0.05, 0.1) is 11.4 Å². The average Bonchev–Trinajstić information content (AvgIpc) is 2.34. The van der Waals surface area contributed by atoms with Gasteiger partial charge in [0.1, 0.15) is 10.7 Å². The van der Waals surface area contributed by atoms with Crippen LogP contribution in [0.3, 0.4) is 0 Å². The molecular weight excluding hydrogens is 330 g/mol. The van der Waals surface area contributed by atoms with Crippen LogP contribution in [0.2, 0.25) is 0 Å². The molecule has 0 amide bonds. The number of nitrogens with zero attached hydrogens (tertiary/aromatic N) is 1. The first kappa shape index (κ1) is 13.8. The van der Waals surface area contributed by atoms with E-state index in [2.05, 4.69) is 25.6 Å². The highest BCUT2D eigenvalue weighted by atomic mass is 79.9. The normalized spacial score (nSPS) is 11.3. The van der Waals surface area contributed by atoms with Gasteiger partial charge < -0.3 is 5.73 Å². The molecule has 2 rings (SSSR count). The Hall–Kier alpha value is -1.60. The summed E-state index contributed by atoms with van der Waals surface area (Å²) in [6.07, 6.45) is 0. The molecule has 0 unspecified atom stereocenters. The number of hydrogen-bond donors (Lipinski definition) is 2. The fourth-order valence-corrected chi connectivity index (χ4v) is 2.87. The number of rotatable bonds is 3. The Balaban J connectivity index is 2.37. The zero-order chi connectivity index (χ0) is 14.0. The van der Waals surface area contributed by atoms with Gasteiger partial charge in [-0.1, -0.05) is 12.1 Å². The van der Waals surface area contributed by atoms with Gasteiger partial charge >= 0.3 is 0 Å². The molecule has 100 valence electrons. The number of para-hydroxylation sites is 1. The molecule has 0 saturated heterocycles. The Morgan fingerprint density at radius 3 is 2.53 bits per heavy atom. The Morgan fingerprint density at radius 1 is 1.21 bits per heavy atom. The minimum atomic E-state index is -3.73. The molecule has 0 aliphatic heterocycles. The summed E-state index contributed by atoms with van der Waals surface area (Å²) in [4.78, 5) is 4.17. The SMILES string of the molecule is Cc1nc(NS(=O)(=O)c2ccccc2N)ccc1Br. The molecule has 0 saturated carbocycles.